The highest BCUT2D eigenvalue weighted by Crippen LogP contribution is 2.50. The molecule has 0 saturated heterocycles. The standard InChI is InChI=1S/C16H30.C16H28.4C14H26.2C14H24.2C14H20/c2*1-13-3-7-15(8-4-13)11-12-16-9-5-14(2)6-10-16;8*1-11-3-7-13(8-4-11)14-9-5-12(2)6-10-14/h13-16H,3-12H2,1-2H3;11-16H,3-10H2,1-2H3;4*11-14H,3-10H2,1-2H3;7,11-12,14H,3-6,8-10H2,1-2H3;3,12-14H,4-10H2,1-2H3;2*3-4,7-8,12,14H,5-6,9-10H2,1-2H3/b;12-11+;;;;;;;;. The van der Waals surface area contributed by atoms with Gasteiger partial charge in [-0.3, -0.25) is 0 Å². The van der Waals surface area contributed by atoms with E-state index in [1.54, 1.807) is 132 Å². The molecule has 144 heavy (non-hydrogen) atoms. The van der Waals surface area contributed by atoms with Gasteiger partial charge < -0.3 is 0 Å². The summed E-state index contributed by atoms with van der Waals surface area (Å²) in [6.07, 6.45) is 117. The lowest BCUT2D eigenvalue weighted by atomic mass is 9.70. The second kappa shape index (κ2) is 67.5. The van der Waals surface area contributed by atoms with Crippen LogP contribution in [-0.2, 0) is 0 Å². The second-order valence-corrected chi connectivity index (χ2v) is 58.4. The molecule has 0 aliphatic heterocycles. The predicted octanol–water partition coefficient (Wildman–Crippen LogP) is 46.9. The Balaban J connectivity index is 0.000000153. The smallest absolute Gasteiger partial charge is 0.0162 e. The molecule has 18 aliphatic rings. The topological polar surface area (TPSA) is 0 Å². The van der Waals surface area contributed by atoms with E-state index in [1.807, 2.05) is 5.57 Å². The van der Waals surface area contributed by atoms with Gasteiger partial charge in [-0.1, -0.05) is 457 Å². The van der Waals surface area contributed by atoms with E-state index in [4.69, 9.17) is 0 Å². The molecule has 0 heteroatoms. The highest BCUT2D eigenvalue weighted by Gasteiger charge is 2.36. The molecule has 18 aliphatic carbocycles. The van der Waals surface area contributed by atoms with Gasteiger partial charge in [0.05, 0.1) is 0 Å². The zero-order chi connectivity index (χ0) is 102. The molecule has 2 unspecified atom stereocenters. The Morgan fingerprint density at radius 2 is 0.375 bits per heavy atom. The van der Waals surface area contributed by atoms with Crippen LogP contribution < -0.4 is 0 Å². The fraction of sp³-hybridized carbons (Fsp3) is 0.875. The SMILES string of the molecule is CC1=CCC(C2CCC(C)CC2)CC1.CC1CC=C(C2CCC(C)CC2)CC1.CC1CCC(/C=C/C2CCC(C)CC2)CC1.CC1CCC(C2CCC(C)CC2)CC1.CC1CCC(C2CCC(C)CC2)CC1.CC1CCC(C2CCC(C)CC2)CC1.CC1CCC(C2CCC(C)CC2)CC1.CC1CCC(CCC2CCC(C)CC2)CC1.Cc1ccc(C2CCC(C)CC2)cc1.Cc1ccc(C2CCC(C)CC2)cc1. The average molecular weight is 1980 g/mol. The van der Waals surface area contributed by atoms with Crippen molar-refractivity contribution in [3.63, 3.8) is 0 Å². The third-order valence-electron chi connectivity index (χ3n) is 45.0. The maximum absolute atomic E-state index is 2.56. The Labute approximate surface area is 902 Å². The summed E-state index contributed by atoms with van der Waals surface area (Å²) in [5.74, 6) is 34.7. The summed E-state index contributed by atoms with van der Waals surface area (Å²) in [4.78, 5) is 0. The first-order valence-corrected chi connectivity index (χ1v) is 66.7. The van der Waals surface area contributed by atoms with Crippen LogP contribution in [0.2, 0.25) is 0 Å². The van der Waals surface area contributed by atoms with Crippen molar-refractivity contribution in [1.29, 1.82) is 0 Å². The van der Waals surface area contributed by atoms with Gasteiger partial charge in [0.15, 0.2) is 0 Å². The largest absolute Gasteiger partial charge is 0.0853 e. The summed E-state index contributed by atoms with van der Waals surface area (Å²) < 4.78 is 0. The molecule has 0 aromatic heterocycles. The highest BCUT2D eigenvalue weighted by molar-refractivity contribution is 5.26. The lowest BCUT2D eigenvalue weighted by molar-refractivity contribution is 0.155. The zero-order valence-corrected chi connectivity index (χ0v) is 100. The minimum absolute atomic E-state index is 0.840. The molecule has 0 amide bonds. The van der Waals surface area contributed by atoms with Gasteiger partial charge in [0.25, 0.3) is 0 Å². The van der Waals surface area contributed by atoms with Crippen LogP contribution in [0.1, 0.15) is 621 Å². The van der Waals surface area contributed by atoms with Crippen LogP contribution in [0.25, 0.3) is 0 Å². The number of allylic oxidation sites excluding steroid dienone is 6. The third kappa shape index (κ3) is 46.8. The molecule has 0 heterocycles. The molecule has 16 saturated carbocycles. The van der Waals surface area contributed by atoms with Gasteiger partial charge in [-0.25, -0.2) is 0 Å². The first-order chi connectivity index (χ1) is 69.5. The fourth-order valence-corrected chi connectivity index (χ4v) is 32.1. The third-order valence-corrected chi connectivity index (χ3v) is 45.0. The Morgan fingerprint density at radius 3 is 0.583 bits per heavy atom. The number of rotatable bonds is 13. The van der Waals surface area contributed by atoms with Gasteiger partial charge in [0.1, 0.15) is 0 Å². The van der Waals surface area contributed by atoms with E-state index in [0.29, 0.717) is 0 Å². The van der Waals surface area contributed by atoms with Crippen molar-refractivity contribution in [3.05, 3.63) is 106 Å². The summed E-state index contributed by atoms with van der Waals surface area (Å²) in [5.41, 5.74) is 9.31. The molecular weight excluding hydrogens is 1730 g/mol. The first-order valence-electron chi connectivity index (χ1n) is 66.7. The van der Waals surface area contributed by atoms with Gasteiger partial charge in [-0.15, -0.1) is 0 Å². The zero-order valence-electron chi connectivity index (χ0n) is 100. The molecule has 0 N–H and O–H groups in total. The van der Waals surface area contributed by atoms with Crippen molar-refractivity contribution in [2.45, 2.75) is 613 Å². The summed E-state index contributed by atoms with van der Waals surface area (Å²) in [6, 6.07) is 18.2. The Hall–Kier alpha value is -2.34. The van der Waals surface area contributed by atoms with Crippen LogP contribution in [-0.4, -0.2) is 0 Å². The molecule has 2 aromatic rings. The van der Waals surface area contributed by atoms with Crippen LogP contribution in [0.3, 0.4) is 0 Å². The van der Waals surface area contributed by atoms with Crippen molar-refractivity contribution in [3.8, 4) is 0 Å². The van der Waals surface area contributed by atoms with E-state index >= 15 is 0 Å². The molecule has 16 fully saturated rings. The van der Waals surface area contributed by atoms with Crippen molar-refractivity contribution < 1.29 is 0 Å². The molecular formula is C144H250. The van der Waals surface area contributed by atoms with Gasteiger partial charge in [0, 0.05) is 0 Å². The second-order valence-electron chi connectivity index (χ2n) is 58.4. The van der Waals surface area contributed by atoms with E-state index in [-0.39, 0.29) is 0 Å². The van der Waals surface area contributed by atoms with E-state index in [2.05, 4.69) is 211 Å². The lowest BCUT2D eigenvalue weighted by Gasteiger charge is -2.36. The Kier molecular flexibility index (Phi) is 57.1. The Bertz CT molecular complexity index is 3210. The molecule has 20 rings (SSSR count). The normalized spacial score (nSPS) is 39.6. The summed E-state index contributed by atoms with van der Waals surface area (Å²) in [5, 5.41) is 0. The molecule has 0 spiro atoms. The van der Waals surface area contributed by atoms with Gasteiger partial charge >= 0.3 is 0 Å². The maximum Gasteiger partial charge on any atom is -0.0162 e. The van der Waals surface area contributed by atoms with Crippen LogP contribution in [0, 0.1) is 203 Å². The maximum atomic E-state index is 2.56. The summed E-state index contributed by atoms with van der Waals surface area (Å²) in [7, 11) is 0. The fourth-order valence-electron chi connectivity index (χ4n) is 32.1. The van der Waals surface area contributed by atoms with Gasteiger partial charge in [-0.2, -0.15) is 0 Å². The van der Waals surface area contributed by atoms with Gasteiger partial charge in [0.2, 0.25) is 0 Å². The van der Waals surface area contributed by atoms with Crippen molar-refractivity contribution >= 4 is 0 Å². The van der Waals surface area contributed by atoms with E-state index in [0.717, 1.165) is 201 Å². The minimum atomic E-state index is 0.840. The van der Waals surface area contributed by atoms with E-state index in [9.17, 15) is 0 Å². The van der Waals surface area contributed by atoms with Gasteiger partial charge in [-0.05, 0) is 451 Å². The van der Waals surface area contributed by atoms with Crippen LogP contribution in [0.5, 0.6) is 0 Å². The molecule has 0 nitrogen and oxygen atoms in total. The monoisotopic (exact) mass is 1980 g/mol. The minimum Gasteiger partial charge on any atom is -0.0853 e. The quantitative estimate of drug-likeness (QED) is 0.175. The Morgan fingerprint density at radius 1 is 0.174 bits per heavy atom. The van der Waals surface area contributed by atoms with Crippen LogP contribution in [0.15, 0.2) is 84.0 Å². The molecule has 2 atom stereocenters. The van der Waals surface area contributed by atoms with E-state index < -0.39 is 0 Å². The summed E-state index contributed by atoms with van der Waals surface area (Å²) >= 11 is 0. The molecule has 0 bridgehead atoms. The van der Waals surface area contributed by atoms with Crippen LogP contribution in [0.4, 0.5) is 0 Å². The molecule has 0 radical (unpaired) electrons. The first kappa shape index (κ1) is 122. The van der Waals surface area contributed by atoms with E-state index in [1.165, 1.54) is 358 Å². The average Bonchev–Trinajstić information content (AvgIpc) is 0.876. The number of hydrogen-bond acceptors (Lipinski definition) is 0. The molecule has 2 aromatic carbocycles. The number of benzene rings is 2. The predicted molar refractivity (Wildman–Crippen MR) is 639 cm³/mol. The number of aryl methyl sites for hydroxylation is 2. The van der Waals surface area contributed by atoms with Crippen molar-refractivity contribution in [2.75, 3.05) is 0 Å². The molecule has 826 valence electrons. The highest BCUT2D eigenvalue weighted by atomic mass is 14.4. The summed E-state index contributed by atoms with van der Waals surface area (Å²) in [6.45, 7) is 47.7. The lowest BCUT2D eigenvalue weighted by Crippen LogP contribution is -2.24. The number of hydrogen-bond donors (Lipinski definition) is 0. The van der Waals surface area contributed by atoms with Crippen LogP contribution >= 0.6 is 0 Å². The van der Waals surface area contributed by atoms with Crippen molar-refractivity contribution in [1.82, 2.24) is 0 Å². The van der Waals surface area contributed by atoms with Crippen molar-refractivity contribution in [2.24, 2.45) is 189 Å².